The summed E-state index contributed by atoms with van der Waals surface area (Å²) < 4.78 is 20.0. The standard InChI is InChI=1S/C18H22FNO/c1-13-8-5-6-11-16(13)21-17-14(9-7-10-15(17)19)12-20-18(2,3)4/h5-11,20H,12H2,1-4H3. The molecule has 0 aliphatic carbocycles. The molecular weight excluding hydrogens is 265 g/mol. The van der Waals surface area contributed by atoms with Crippen molar-refractivity contribution in [1.82, 2.24) is 5.32 Å². The summed E-state index contributed by atoms with van der Waals surface area (Å²) in [7, 11) is 0. The normalized spacial score (nSPS) is 11.5. The van der Waals surface area contributed by atoms with E-state index in [9.17, 15) is 4.39 Å². The summed E-state index contributed by atoms with van der Waals surface area (Å²) in [5.41, 5.74) is 1.76. The molecule has 0 aliphatic rings. The number of nitrogens with one attached hydrogen (secondary N) is 1. The lowest BCUT2D eigenvalue weighted by Gasteiger charge is -2.22. The number of rotatable bonds is 4. The number of para-hydroxylation sites is 2. The Morgan fingerprint density at radius 1 is 1.05 bits per heavy atom. The molecule has 2 nitrogen and oxygen atoms in total. The van der Waals surface area contributed by atoms with Crippen molar-refractivity contribution in [3.63, 3.8) is 0 Å². The van der Waals surface area contributed by atoms with E-state index in [1.165, 1.54) is 6.07 Å². The van der Waals surface area contributed by atoms with Crippen molar-refractivity contribution >= 4 is 0 Å². The minimum absolute atomic E-state index is 0.0355. The Hall–Kier alpha value is -1.87. The van der Waals surface area contributed by atoms with E-state index in [2.05, 4.69) is 26.1 Å². The van der Waals surface area contributed by atoms with Crippen LogP contribution in [0.4, 0.5) is 4.39 Å². The van der Waals surface area contributed by atoms with Gasteiger partial charge in [-0.3, -0.25) is 0 Å². The first kappa shape index (κ1) is 15.5. The van der Waals surface area contributed by atoms with Gasteiger partial charge >= 0.3 is 0 Å². The molecule has 21 heavy (non-hydrogen) atoms. The maximum Gasteiger partial charge on any atom is 0.167 e. The summed E-state index contributed by atoms with van der Waals surface area (Å²) in [4.78, 5) is 0. The highest BCUT2D eigenvalue weighted by molar-refractivity contribution is 5.41. The summed E-state index contributed by atoms with van der Waals surface area (Å²) in [6.45, 7) is 8.74. The minimum atomic E-state index is -0.341. The lowest BCUT2D eigenvalue weighted by molar-refractivity contribution is 0.403. The number of ether oxygens (including phenoxy) is 1. The molecule has 0 fully saturated rings. The largest absolute Gasteiger partial charge is 0.454 e. The average Bonchev–Trinajstić information content (AvgIpc) is 2.41. The molecule has 0 saturated heterocycles. The smallest absolute Gasteiger partial charge is 0.167 e. The lowest BCUT2D eigenvalue weighted by Crippen LogP contribution is -2.35. The van der Waals surface area contributed by atoms with Crippen molar-refractivity contribution < 1.29 is 9.13 Å². The third kappa shape index (κ3) is 4.30. The second kappa shape index (κ2) is 6.27. The molecule has 0 radical (unpaired) electrons. The van der Waals surface area contributed by atoms with E-state index >= 15 is 0 Å². The van der Waals surface area contributed by atoms with Gasteiger partial charge in [-0.15, -0.1) is 0 Å². The number of aryl methyl sites for hydroxylation is 1. The Labute approximate surface area is 126 Å². The van der Waals surface area contributed by atoms with Crippen LogP contribution in [0.15, 0.2) is 42.5 Å². The van der Waals surface area contributed by atoms with Crippen molar-refractivity contribution in [2.45, 2.75) is 39.8 Å². The molecule has 0 unspecified atom stereocenters. The molecule has 0 spiro atoms. The van der Waals surface area contributed by atoms with Gasteiger partial charge in [0.05, 0.1) is 0 Å². The summed E-state index contributed by atoms with van der Waals surface area (Å²) in [5, 5.41) is 3.36. The van der Waals surface area contributed by atoms with E-state index < -0.39 is 0 Å². The molecule has 2 rings (SSSR count). The SMILES string of the molecule is Cc1ccccc1Oc1c(F)cccc1CNC(C)(C)C. The fourth-order valence-electron chi connectivity index (χ4n) is 1.95. The zero-order valence-corrected chi connectivity index (χ0v) is 13.0. The Bertz CT molecular complexity index is 617. The highest BCUT2D eigenvalue weighted by Gasteiger charge is 2.15. The third-order valence-electron chi connectivity index (χ3n) is 3.16. The van der Waals surface area contributed by atoms with E-state index in [1.54, 1.807) is 6.07 Å². The maximum atomic E-state index is 14.1. The van der Waals surface area contributed by atoms with Gasteiger partial charge in [0, 0.05) is 17.6 Å². The summed E-state index contributed by atoms with van der Waals surface area (Å²) in [6, 6.07) is 12.6. The van der Waals surface area contributed by atoms with Gasteiger partial charge in [0.15, 0.2) is 11.6 Å². The first-order valence-electron chi connectivity index (χ1n) is 7.13. The summed E-state index contributed by atoms with van der Waals surface area (Å²) >= 11 is 0. The Balaban J connectivity index is 2.28. The fraction of sp³-hybridized carbons (Fsp3) is 0.333. The molecule has 2 aromatic rings. The summed E-state index contributed by atoms with van der Waals surface area (Å²) in [6.07, 6.45) is 0. The molecule has 112 valence electrons. The molecule has 1 N–H and O–H groups in total. The van der Waals surface area contributed by atoms with Crippen LogP contribution in [0.5, 0.6) is 11.5 Å². The van der Waals surface area contributed by atoms with Crippen LogP contribution in [-0.2, 0) is 6.54 Å². The number of benzene rings is 2. The van der Waals surface area contributed by atoms with Crippen molar-refractivity contribution in [3.8, 4) is 11.5 Å². The molecule has 0 bridgehead atoms. The van der Waals surface area contributed by atoms with Crippen LogP contribution >= 0.6 is 0 Å². The van der Waals surface area contributed by atoms with Gasteiger partial charge in [0.25, 0.3) is 0 Å². The monoisotopic (exact) mass is 287 g/mol. The predicted molar refractivity (Wildman–Crippen MR) is 84.2 cm³/mol. The number of hydrogen-bond donors (Lipinski definition) is 1. The highest BCUT2D eigenvalue weighted by Crippen LogP contribution is 2.30. The second-order valence-electron chi connectivity index (χ2n) is 6.20. The van der Waals surface area contributed by atoms with Crippen LogP contribution in [0.3, 0.4) is 0 Å². The van der Waals surface area contributed by atoms with Crippen molar-refractivity contribution in [2.75, 3.05) is 0 Å². The first-order chi connectivity index (χ1) is 9.87. The first-order valence-corrected chi connectivity index (χ1v) is 7.13. The zero-order valence-electron chi connectivity index (χ0n) is 13.0. The highest BCUT2D eigenvalue weighted by atomic mass is 19.1. The van der Waals surface area contributed by atoms with Crippen LogP contribution in [0.2, 0.25) is 0 Å². The van der Waals surface area contributed by atoms with Gasteiger partial charge in [-0.05, 0) is 45.4 Å². The van der Waals surface area contributed by atoms with Gasteiger partial charge in [0.2, 0.25) is 0 Å². The quantitative estimate of drug-likeness (QED) is 0.871. The van der Waals surface area contributed by atoms with Crippen LogP contribution in [0, 0.1) is 12.7 Å². The van der Waals surface area contributed by atoms with Gasteiger partial charge in [-0.2, -0.15) is 0 Å². The van der Waals surface area contributed by atoms with Crippen LogP contribution in [0.25, 0.3) is 0 Å². The minimum Gasteiger partial charge on any atom is -0.454 e. The summed E-state index contributed by atoms with van der Waals surface area (Å²) in [5.74, 6) is 0.634. The van der Waals surface area contributed by atoms with Gasteiger partial charge in [-0.1, -0.05) is 30.3 Å². The number of halogens is 1. The predicted octanol–water partition coefficient (Wildman–Crippen LogP) is 4.81. The topological polar surface area (TPSA) is 21.3 Å². The molecular formula is C18H22FNO. The maximum absolute atomic E-state index is 14.1. The van der Waals surface area contributed by atoms with Crippen LogP contribution < -0.4 is 10.1 Å². The van der Waals surface area contributed by atoms with Crippen LogP contribution in [-0.4, -0.2) is 5.54 Å². The Morgan fingerprint density at radius 3 is 2.43 bits per heavy atom. The van der Waals surface area contributed by atoms with E-state index in [-0.39, 0.29) is 11.4 Å². The van der Waals surface area contributed by atoms with E-state index in [4.69, 9.17) is 4.74 Å². The average molecular weight is 287 g/mol. The van der Waals surface area contributed by atoms with Crippen molar-refractivity contribution in [3.05, 3.63) is 59.4 Å². The Kier molecular flexibility index (Phi) is 4.63. The molecule has 0 aliphatic heterocycles. The van der Waals surface area contributed by atoms with Crippen molar-refractivity contribution in [2.24, 2.45) is 0 Å². The molecule has 0 atom stereocenters. The molecule has 0 amide bonds. The Morgan fingerprint density at radius 2 is 1.76 bits per heavy atom. The van der Waals surface area contributed by atoms with Gasteiger partial charge in [0.1, 0.15) is 5.75 Å². The zero-order chi connectivity index (χ0) is 15.5. The van der Waals surface area contributed by atoms with E-state index in [0.29, 0.717) is 18.0 Å². The molecule has 0 heterocycles. The lowest BCUT2D eigenvalue weighted by atomic mass is 10.1. The molecule has 0 aromatic heterocycles. The van der Waals surface area contributed by atoms with E-state index in [1.807, 2.05) is 37.3 Å². The van der Waals surface area contributed by atoms with Gasteiger partial charge < -0.3 is 10.1 Å². The van der Waals surface area contributed by atoms with Crippen molar-refractivity contribution in [1.29, 1.82) is 0 Å². The van der Waals surface area contributed by atoms with Gasteiger partial charge in [-0.25, -0.2) is 4.39 Å². The number of hydrogen-bond acceptors (Lipinski definition) is 2. The molecule has 0 saturated carbocycles. The fourth-order valence-corrected chi connectivity index (χ4v) is 1.95. The molecule has 3 heteroatoms. The van der Waals surface area contributed by atoms with E-state index in [0.717, 1.165) is 11.1 Å². The third-order valence-corrected chi connectivity index (χ3v) is 3.16. The second-order valence-corrected chi connectivity index (χ2v) is 6.20. The van der Waals surface area contributed by atoms with Crippen LogP contribution in [0.1, 0.15) is 31.9 Å². The molecule has 2 aromatic carbocycles.